The summed E-state index contributed by atoms with van der Waals surface area (Å²) in [5.74, 6) is 2.30. The minimum Gasteiger partial charge on any atom is -0.390 e. The van der Waals surface area contributed by atoms with Crippen LogP contribution in [0.15, 0.2) is 4.79 Å². The smallest absolute Gasteiger partial charge is 0.331 e. The SMILES string of the molecule is CCCn1c2nc(C3(C)CCC(C)(O)CC3)nc-2c2n(c1=O)[C@H](C)CN2. The van der Waals surface area contributed by atoms with Crippen LogP contribution in [-0.2, 0) is 12.0 Å². The molecule has 1 saturated carbocycles. The number of imidazole rings is 1. The fraction of sp³-hybridized carbons (Fsp3) is 0.737. The van der Waals surface area contributed by atoms with Crippen molar-refractivity contribution in [1.82, 2.24) is 19.1 Å². The van der Waals surface area contributed by atoms with Crippen molar-refractivity contribution < 1.29 is 5.11 Å². The van der Waals surface area contributed by atoms with E-state index in [2.05, 4.69) is 26.1 Å². The van der Waals surface area contributed by atoms with Crippen molar-refractivity contribution in [3.05, 3.63) is 16.3 Å². The van der Waals surface area contributed by atoms with Crippen LogP contribution in [0.3, 0.4) is 0 Å². The highest BCUT2D eigenvalue weighted by atomic mass is 16.3. The third kappa shape index (κ3) is 2.55. The Balaban J connectivity index is 1.86. The van der Waals surface area contributed by atoms with Gasteiger partial charge in [-0.25, -0.2) is 14.8 Å². The summed E-state index contributed by atoms with van der Waals surface area (Å²) in [7, 11) is 0. The maximum Gasteiger partial charge on any atom is 0.331 e. The lowest BCUT2D eigenvalue weighted by molar-refractivity contribution is 0.00181. The average molecular weight is 359 g/mol. The van der Waals surface area contributed by atoms with E-state index >= 15 is 0 Å². The Morgan fingerprint density at radius 3 is 2.58 bits per heavy atom. The zero-order valence-corrected chi connectivity index (χ0v) is 16.2. The lowest BCUT2D eigenvalue weighted by Crippen LogP contribution is -2.38. The van der Waals surface area contributed by atoms with Gasteiger partial charge < -0.3 is 10.4 Å². The van der Waals surface area contributed by atoms with Crippen LogP contribution in [0.2, 0.25) is 0 Å². The average Bonchev–Trinajstić information content (AvgIpc) is 3.19. The first-order valence-corrected chi connectivity index (χ1v) is 9.75. The highest BCUT2D eigenvalue weighted by Gasteiger charge is 2.41. The molecule has 0 aromatic carbocycles. The van der Waals surface area contributed by atoms with Crippen LogP contribution in [0.5, 0.6) is 0 Å². The van der Waals surface area contributed by atoms with Crippen LogP contribution in [0, 0.1) is 0 Å². The number of fused-ring (bicyclic) bond motifs is 3. The van der Waals surface area contributed by atoms with Gasteiger partial charge in [-0.05, 0) is 46.0 Å². The van der Waals surface area contributed by atoms with Crippen LogP contribution >= 0.6 is 0 Å². The molecule has 0 aromatic heterocycles. The highest BCUT2D eigenvalue weighted by Crippen LogP contribution is 2.43. The van der Waals surface area contributed by atoms with Crippen molar-refractivity contribution in [2.24, 2.45) is 0 Å². The van der Waals surface area contributed by atoms with Gasteiger partial charge in [-0.15, -0.1) is 0 Å². The maximum absolute atomic E-state index is 13.0. The number of anilines is 1. The molecule has 0 amide bonds. The van der Waals surface area contributed by atoms with Gasteiger partial charge in [0.1, 0.15) is 17.3 Å². The molecule has 1 fully saturated rings. The van der Waals surface area contributed by atoms with E-state index in [1.807, 2.05) is 11.5 Å². The van der Waals surface area contributed by atoms with Crippen LogP contribution in [0.25, 0.3) is 11.5 Å². The molecule has 4 rings (SSSR count). The van der Waals surface area contributed by atoms with Gasteiger partial charge in [-0.2, -0.15) is 0 Å². The Morgan fingerprint density at radius 2 is 1.92 bits per heavy atom. The van der Waals surface area contributed by atoms with Crippen LogP contribution < -0.4 is 11.0 Å². The summed E-state index contributed by atoms with van der Waals surface area (Å²) in [4.78, 5) is 22.8. The number of hydrogen-bond donors (Lipinski definition) is 2. The zero-order chi connectivity index (χ0) is 18.7. The fourth-order valence-corrected chi connectivity index (χ4v) is 4.28. The number of aliphatic hydroxyl groups is 1. The molecule has 0 radical (unpaired) electrons. The van der Waals surface area contributed by atoms with E-state index in [0.29, 0.717) is 12.4 Å². The van der Waals surface area contributed by atoms with Gasteiger partial charge in [0.25, 0.3) is 0 Å². The lowest BCUT2D eigenvalue weighted by atomic mass is 9.70. The van der Waals surface area contributed by atoms with E-state index in [1.54, 1.807) is 4.57 Å². The molecule has 0 unspecified atom stereocenters. The van der Waals surface area contributed by atoms with Crippen molar-refractivity contribution >= 4 is 5.82 Å². The third-order valence-electron chi connectivity index (χ3n) is 6.22. The molecular weight excluding hydrogens is 330 g/mol. The Labute approximate surface area is 153 Å². The van der Waals surface area contributed by atoms with Crippen molar-refractivity contribution in [3.8, 4) is 11.5 Å². The molecule has 142 valence electrons. The van der Waals surface area contributed by atoms with E-state index < -0.39 is 5.60 Å². The summed E-state index contributed by atoms with van der Waals surface area (Å²) < 4.78 is 3.60. The first-order chi connectivity index (χ1) is 12.3. The molecule has 0 aromatic rings. The summed E-state index contributed by atoms with van der Waals surface area (Å²) in [5, 5.41) is 13.7. The van der Waals surface area contributed by atoms with E-state index in [-0.39, 0.29) is 17.1 Å². The van der Waals surface area contributed by atoms with Crippen LogP contribution in [0.1, 0.15) is 71.7 Å². The van der Waals surface area contributed by atoms with Crippen molar-refractivity contribution in [2.75, 3.05) is 11.9 Å². The molecule has 3 aliphatic heterocycles. The molecule has 3 heterocycles. The molecule has 4 aliphatic rings. The van der Waals surface area contributed by atoms with Gasteiger partial charge in [0.15, 0.2) is 5.82 Å². The third-order valence-corrected chi connectivity index (χ3v) is 6.22. The summed E-state index contributed by atoms with van der Waals surface area (Å²) in [6.45, 7) is 9.59. The van der Waals surface area contributed by atoms with Crippen LogP contribution in [0.4, 0.5) is 5.82 Å². The van der Waals surface area contributed by atoms with Gasteiger partial charge in [0.05, 0.1) is 11.6 Å². The maximum atomic E-state index is 13.0. The minimum absolute atomic E-state index is 0.00460. The molecule has 1 atom stereocenters. The quantitative estimate of drug-likeness (QED) is 0.880. The predicted molar refractivity (Wildman–Crippen MR) is 101 cm³/mol. The van der Waals surface area contributed by atoms with Gasteiger partial charge >= 0.3 is 5.69 Å². The Bertz CT molecular complexity index is 856. The largest absolute Gasteiger partial charge is 0.390 e. The molecule has 0 bridgehead atoms. The molecule has 0 spiro atoms. The molecular formula is C19H29N5O2. The van der Waals surface area contributed by atoms with E-state index in [9.17, 15) is 9.90 Å². The Hall–Kier alpha value is -1.89. The van der Waals surface area contributed by atoms with Crippen molar-refractivity contribution in [1.29, 1.82) is 0 Å². The standard InChI is InChI=1S/C19H29N5O2/c1-5-10-23-15-13(14-20-11-12(2)24(14)17(23)25)21-16(22-15)18(3)6-8-19(4,26)9-7-18/h12,20,26H,5-11H2,1-4H3/t12-,18?,19?/m1/s1. The monoisotopic (exact) mass is 359 g/mol. The summed E-state index contributed by atoms with van der Waals surface area (Å²) in [6, 6.07) is 0.116. The number of hydrogen-bond acceptors (Lipinski definition) is 5. The fourth-order valence-electron chi connectivity index (χ4n) is 4.28. The number of nitrogens with one attached hydrogen (secondary N) is 1. The summed E-state index contributed by atoms with van der Waals surface area (Å²) in [6.07, 6.45) is 4.08. The molecule has 0 saturated heterocycles. The molecule has 1 aliphatic carbocycles. The zero-order valence-electron chi connectivity index (χ0n) is 16.2. The Kier molecular flexibility index (Phi) is 3.91. The van der Waals surface area contributed by atoms with E-state index in [1.165, 1.54) is 0 Å². The first-order valence-electron chi connectivity index (χ1n) is 9.75. The highest BCUT2D eigenvalue weighted by molar-refractivity contribution is 5.70. The van der Waals surface area contributed by atoms with Gasteiger partial charge in [0, 0.05) is 18.5 Å². The summed E-state index contributed by atoms with van der Waals surface area (Å²) >= 11 is 0. The van der Waals surface area contributed by atoms with Gasteiger partial charge in [-0.1, -0.05) is 13.8 Å². The topological polar surface area (TPSA) is 85.0 Å². The predicted octanol–water partition coefficient (Wildman–Crippen LogP) is 2.52. The molecule has 7 heteroatoms. The van der Waals surface area contributed by atoms with Crippen LogP contribution in [-0.4, -0.2) is 36.4 Å². The second kappa shape index (κ2) is 5.81. The normalized spacial score (nSPS) is 31.2. The van der Waals surface area contributed by atoms with Crippen molar-refractivity contribution in [3.63, 3.8) is 0 Å². The minimum atomic E-state index is -0.593. The second-order valence-electron chi connectivity index (χ2n) is 8.66. The van der Waals surface area contributed by atoms with Crippen molar-refractivity contribution in [2.45, 2.75) is 83.4 Å². The lowest BCUT2D eigenvalue weighted by Gasteiger charge is -2.38. The number of nitrogens with zero attached hydrogens (tertiary/aromatic N) is 4. The molecule has 2 N–H and O–H groups in total. The van der Waals surface area contributed by atoms with Gasteiger partial charge in [0.2, 0.25) is 0 Å². The molecule has 26 heavy (non-hydrogen) atoms. The number of rotatable bonds is 3. The van der Waals surface area contributed by atoms with Gasteiger partial charge in [-0.3, -0.25) is 9.13 Å². The van der Waals surface area contributed by atoms with E-state index in [0.717, 1.165) is 56.0 Å². The first kappa shape index (κ1) is 17.5. The number of aromatic nitrogens is 4. The Morgan fingerprint density at radius 1 is 1.23 bits per heavy atom. The van der Waals surface area contributed by atoms with E-state index in [4.69, 9.17) is 9.97 Å². The second-order valence-corrected chi connectivity index (χ2v) is 8.66. The summed E-state index contributed by atoms with van der Waals surface area (Å²) in [5.41, 5.74) is 0.0473. The molecule has 7 nitrogen and oxygen atoms in total.